The lowest BCUT2D eigenvalue weighted by atomic mass is 9.87. The predicted molar refractivity (Wildman–Crippen MR) is 63.6 cm³/mol. The lowest BCUT2D eigenvalue weighted by Crippen LogP contribution is -2.29. The summed E-state index contributed by atoms with van der Waals surface area (Å²) in [7, 11) is 1.83. The van der Waals surface area contributed by atoms with Gasteiger partial charge < -0.3 is 10.2 Å². The topological polar surface area (TPSA) is 58.3 Å². The average molecular weight is 247 g/mol. The minimum Gasteiger partial charge on any atom is -0.396 e. The molecule has 0 unspecified atom stereocenters. The van der Waals surface area contributed by atoms with E-state index in [-0.39, 0.29) is 13.2 Å². The molecule has 1 aromatic heterocycles. The van der Waals surface area contributed by atoms with Gasteiger partial charge in [0.1, 0.15) is 0 Å². The number of hydrogen-bond acceptors (Lipinski definition) is 3. The highest BCUT2D eigenvalue weighted by Gasteiger charge is 2.27. The van der Waals surface area contributed by atoms with Crippen molar-refractivity contribution in [1.82, 2.24) is 9.78 Å². The fourth-order valence-electron chi connectivity index (χ4n) is 1.58. The summed E-state index contributed by atoms with van der Waals surface area (Å²) < 4.78 is 1.73. The normalized spacial score (nSPS) is 12.1. The van der Waals surface area contributed by atoms with E-state index in [9.17, 15) is 10.2 Å². The molecule has 2 N–H and O–H groups in total. The van der Waals surface area contributed by atoms with Crippen LogP contribution in [-0.2, 0) is 19.9 Å². The quantitative estimate of drug-likeness (QED) is 0.820. The fraction of sp³-hybridized carbons (Fsp3) is 0.727. The third-order valence-electron chi connectivity index (χ3n) is 2.86. The number of aryl methyl sites for hydroxylation is 2. The lowest BCUT2D eigenvalue weighted by Gasteiger charge is -2.24. The summed E-state index contributed by atoms with van der Waals surface area (Å²) in [6.07, 6.45) is 1.30. The highest BCUT2D eigenvalue weighted by Crippen LogP contribution is 2.28. The van der Waals surface area contributed by atoms with Crippen LogP contribution in [0.2, 0.25) is 5.02 Å². The number of aromatic nitrogens is 2. The molecule has 0 aliphatic heterocycles. The van der Waals surface area contributed by atoms with Crippen molar-refractivity contribution >= 4 is 11.6 Å². The van der Waals surface area contributed by atoms with Crippen LogP contribution in [-0.4, -0.2) is 33.2 Å². The van der Waals surface area contributed by atoms with E-state index in [1.165, 1.54) is 0 Å². The zero-order chi connectivity index (χ0) is 12.3. The molecule has 0 spiro atoms. The molecular formula is C11H19ClN2O2. The van der Waals surface area contributed by atoms with Gasteiger partial charge in [-0.15, -0.1) is 0 Å². The Morgan fingerprint density at radius 2 is 1.94 bits per heavy atom. The highest BCUT2D eigenvalue weighted by molar-refractivity contribution is 6.31. The van der Waals surface area contributed by atoms with Gasteiger partial charge in [0.15, 0.2) is 0 Å². The minimum atomic E-state index is -0.553. The summed E-state index contributed by atoms with van der Waals surface area (Å²) in [6, 6.07) is 0. The van der Waals surface area contributed by atoms with Gasteiger partial charge in [0.25, 0.3) is 0 Å². The van der Waals surface area contributed by atoms with E-state index in [4.69, 9.17) is 11.6 Å². The lowest BCUT2D eigenvalue weighted by molar-refractivity contribution is 0.0689. The van der Waals surface area contributed by atoms with Crippen LogP contribution in [0.25, 0.3) is 0 Å². The summed E-state index contributed by atoms with van der Waals surface area (Å²) in [5.41, 5.74) is 1.17. The molecule has 0 aromatic carbocycles. The molecule has 5 heteroatoms. The van der Waals surface area contributed by atoms with Crippen molar-refractivity contribution < 1.29 is 10.2 Å². The van der Waals surface area contributed by atoms with Crippen LogP contribution in [0.1, 0.15) is 25.2 Å². The molecule has 16 heavy (non-hydrogen) atoms. The van der Waals surface area contributed by atoms with Crippen LogP contribution < -0.4 is 0 Å². The smallest absolute Gasteiger partial charge is 0.0849 e. The van der Waals surface area contributed by atoms with Crippen LogP contribution in [0.5, 0.6) is 0 Å². The van der Waals surface area contributed by atoms with E-state index in [0.29, 0.717) is 11.4 Å². The minimum absolute atomic E-state index is 0.0769. The van der Waals surface area contributed by atoms with Gasteiger partial charge in [-0.25, -0.2) is 0 Å². The molecule has 0 radical (unpaired) electrons. The molecule has 0 saturated heterocycles. The van der Waals surface area contributed by atoms with E-state index in [1.54, 1.807) is 4.68 Å². The van der Waals surface area contributed by atoms with Gasteiger partial charge in [0.05, 0.1) is 29.6 Å². The molecule has 92 valence electrons. The van der Waals surface area contributed by atoms with E-state index < -0.39 is 5.41 Å². The van der Waals surface area contributed by atoms with Crippen molar-refractivity contribution in [1.29, 1.82) is 0 Å². The van der Waals surface area contributed by atoms with Gasteiger partial charge in [-0.05, 0) is 6.42 Å². The van der Waals surface area contributed by atoms with Crippen molar-refractivity contribution in [2.24, 2.45) is 12.5 Å². The number of halogens is 1. The zero-order valence-corrected chi connectivity index (χ0v) is 10.8. The van der Waals surface area contributed by atoms with Crippen LogP contribution in [0.4, 0.5) is 0 Å². The molecule has 1 rings (SSSR count). The van der Waals surface area contributed by atoms with Crippen molar-refractivity contribution in [3.8, 4) is 0 Å². The van der Waals surface area contributed by atoms with Crippen molar-refractivity contribution in [3.63, 3.8) is 0 Å². The summed E-state index contributed by atoms with van der Waals surface area (Å²) in [4.78, 5) is 0. The maximum atomic E-state index is 9.26. The number of aliphatic hydroxyl groups excluding tert-OH is 2. The van der Waals surface area contributed by atoms with Crippen LogP contribution in [0, 0.1) is 5.41 Å². The van der Waals surface area contributed by atoms with E-state index in [1.807, 2.05) is 20.9 Å². The second-order valence-electron chi connectivity index (χ2n) is 4.49. The van der Waals surface area contributed by atoms with Gasteiger partial charge >= 0.3 is 0 Å². The van der Waals surface area contributed by atoms with Crippen LogP contribution in [0.3, 0.4) is 0 Å². The Kier molecular flexibility index (Phi) is 4.35. The Morgan fingerprint density at radius 1 is 1.38 bits per heavy atom. The Bertz CT molecular complexity index is 359. The molecule has 1 aromatic rings. The summed E-state index contributed by atoms with van der Waals surface area (Å²) in [6.45, 7) is 3.66. The first-order valence-corrected chi connectivity index (χ1v) is 5.77. The largest absolute Gasteiger partial charge is 0.396 e. The first kappa shape index (κ1) is 13.5. The van der Waals surface area contributed by atoms with Crippen molar-refractivity contribution in [3.05, 3.63) is 16.4 Å². The molecule has 0 atom stereocenters. The van der Waals surface area contributed by atoms with Crippen molar-refractivity contribution in [2.75, 3.05) is 13.2 Å². The van der Waals surface area contributed by atoms with Gasteiger partial charge in [-0.3, -0.25) is 4.68 Å². The Morgan fingerprint density at radius 3 is 2.31 bits per heavy atom. The maximum absolute atomic E-state index is 9.26. The van der Waals surface area contributed by atoms with Gasteiger partial charge in [0, 0.05) is 18.9 Å². The van der Waals surface area contributed by atoms with Crippen LogP contribution >= 0.6 is 11.6 Å². The van der Waals surface area contributed by atoms with Crippen molar-refractivity contribution in [2.45, 2.75) is 26.7 Å². The monoisotopic (exact) mass is 246 g/mol. The first-order chi connectivity index (χ1) is 7.47. The van der Waals surface area contributed by atoms with Crippen LogP contribution in [0.15, 0.2) is 0 Å². The SMILES string of the molecule is CCc1nn(C)c(CC(C)(CO)CO)c1Cl. The second kappa shape index (κ2) is 5.17. The molecule has 1 heterocycles. The fourth-order valence-corrected chi connectivity index (χ4v) is 1.94. The maximum Gasteiger partial charge on any atom is 0.0849 e. The Balaban J connectivity index is 3.01. The van der Waals surface area contributed by atoms with E-state index in [2.05, 4.69) is 5.10 Å². The van der Waals surface area contributed by atoms with Gasteiger partial charge in [-0.2, -0.15) is 5.10 Å². The molecule has 4 nitrogen and oxygen atoms in total. The molecule has 0 bridgehead atoms. The second-order valence-corrected chi connectivity index (χ2v) is 4.87. The number of rotatable bonds is 5. The Hall–Kier alpha value is -0.580. The molecular weight excluding hydrogens is 228 g/mol. The molecule has 0 fully saturated rings. The number of hydrogen-bond donors (Lipinski definition) is 2. The molecule has 0 aliphatic carbocycles. The molecule has 0 saturated carbocycles. The Labute approximate surface area is 101 Å². The number of nitrogens with zero attached hydrogens (tertiary/aromatic N) is 2. The third-order valence-corrected chi connectivity index (χ3v) is 3.30. The standard InChI is InChI=1S/C11H19ClN2O2/c1-4-8-10(12)9(14(3)13-8)5-11(2,6-15)7-16/h15-16H,4-7H2,1-3H3. The van der Waals surface area contributed by atoms with E-state index in [0.717, 1.165) is 17.8 Å². The summed E-state index contributed by atoms with van der Waals surface area (Å²) in [5, 5.41) is 23.5. The summed E-state index contributed by atoms with van der Waals surface area (Å²) in [5.74, 6) is 0. The first-order valence-electron chi connectivity index (χ1n) is 5.39. The highest BCUT2D eigenvalue weighted by atomic mass is 35.5. The van der Waals surface area contributed by atoms with Gasteiger partial charge in [0.2, 0.25) is 0 Å². The zero-order valence-electron chi connectivity index (χ0n) is 10.00. The van der Waals surface area contributed by atoms with E-state index >= 15 is 0 Å². The molecule has 0 aliphatic rings. The predicted octanol–water partition coefficient (Wildman–Crippen LogP) is 1.17. The average Bonchev–Trinajstić information content (AvgIpc) is 2.56. The summed E-state index contributed by atoms with van der Waals surface area (Å²) >= 11 is 6.20. The number of aliphatic hydroxyl groups is 2. The van der Waals surface area contributed by atoms with Gasteiger partial charge in [-0.1, -0.05) is 25.4 Å². The third kappa shape index (κ3) is 2.56. The molecule has 0 amide bonds.